The van der Waals surface area contributed by atoms with Gasteiger partial charge in [-0.2, -0.15) is 0 Å². The second-order valence-corrected chi connectivity index (χ2v) is 8.75. The van der Waals surface area contributed by atoms with Crippen molar-refractivity contribution in [2.75, 3.05) is 24.6 Å². The summed E-state index contributed by atoms with van der Waals surface area (Å²) in [6.45, 7) is 4.23. The number of thiazole rings is 1. The van der Waals surface area contributed by atoms with Gasteiger partial charge in [0.2, 0.25) is 0 Å². The molecule has 2 fully saturated rings. The van der Waals surface area contributed by atoms with Gasteiger partial charge in [0.25, 0.3) is 0 Å². The van der Waals surface area contributed by atoms with Crippen molar-refractivity contribution in [2.24, 2.45) is 11.1 Å². The van der Waals surface area contributed by atoms with Crippen LogP contribution in [-0.4, -0.2) is 41.7 Å². The summed E-state index contributed by atoms with van der Waals surface area (Å²) in [7, 11) is 0. The molecule has 2 aliphatic rings. The minimum atomic E-state index is 0.153. The lowest BCUT2D eigenvalue weighted by atomic mass is 10.1. The van der Waals surface area contributed by atoms with E-state index in [2.05, 4.69) is 10.1 Å². The van der Waals surface area contributed by atoms with Gasteiger partial charge >= 0.3 is 0 Å². The smallest absolute Gasteiger partial charge is 0.186 e. The molecule has 150 valence electrons. The number of ether oxygens (including phenoxy) is 2. The molecule has 1 saturated carbocycles. The predicted octanol–water partition coefficient (Wildman–Crippen LogP) is 4.55. The molecule has 7 heteroatoms. The Bertz CT molecular complexity index is 1050. The molecule has 2 heterocycles. The van der Waals surface area contributed by atoms with Gasteiger partial charge < -0.3 is 19.6 Å². The van der Waals surface area contributed by atoms with Crippen molar-refractivity contribution < 1.29 is 14.7 Å². The van der Waals surface area contributed by atoms with Gasteiger partial charge in [0.05, 0.1) is 35.6 Å². The van der Waals surface area contributed by atoms with E-state index in [4.69, 9.17) is 19.7 Å². The maximum absolute atomic E-state index is 8.97. The highest BCUT2D eigenvalue weighted by atomic mass is 32.1. The summed E-state index contributed by atoms with van der Waals surface area (Å²) in [5.74, 6) is 2.48. The zero-order valence-electron chi connectivity index (χ0n) is 16.2. The molecule has 6 nitrogen and oxygen atoms in total. The summed E-state index contributed by atoms with van der Waals surface area (Å²) in [4.78, 5) is 6.96. The van der Waals surface area contributed by atoms with Crippen LogP contribution in [0.15, 0.2) is 47.6 Å². The minimum absolute atomic E-state index is 0.153. The molecular weight excluding hydrogens is 386 g/mol. The monoisotopic (exact) mass is 409 g/mol. The third-order valence-electron chi connectivity index (χ3n) is 5.35. The van der Waals surface area contributed by atoms with Crippen LogP contribution in [0.4, 0.5) is 5.13 Å². The van der Waals surface area contributed by atoms with E-state index in [1.807, 2.05) is 42.5 Å². The van der Waals surface area contributed by atoms with Crippen molar-refractivity contribution in [1.29, 1.82) is 0 Å². The quantitative estimate of drug-likeness (QED) is 0.352. The molecule has 1 N–H and O–H groups in total. The molecule has 0 spiro atoms. The van der Waals surface area contributed by atoms with Crippen LogP contribution in [0.2, 0.25) is 0 Å². The average Bonchev–Trinajstić information content (AvgIpc) is 3.45. The molecule has 1 aliphatic carbocycles. The van der Waals surface area contributed by atoms with E-state index >= 15 is 0 Å². The van der Waals surface area contributed by atoms with Crippen LogP contribution in [0, 0.1) is 5.92 Å². The maximum Gasteiger partial charge on any atom is 0.186 e. The largest absolute Gasteiger partial charge is 0.493 e. The van der Waals surface area contributed by atoms with Crippen LogP contribution in [0.25, 0.3) is 10.2 Å². The SMILES string of the molecule is C/C(=N\O)c1ccc2nc(N3CC(Oc4cccc(OCC5CC5)c4)C3)sc2c1. The summed E-state index contributed by atoms with van der Waals surface area (Å²) < 4.78 is 13.0. The van der Waals surface area contributed by atoms with Gasteiger partial charge in [-0.25, -0.2) is 4.98 Å². The fraction of sp³-hybridized carbons (Fsp3) is 0.364. The van der Waals surface area contributed by atoms with E-state index in [0.29, 0.717) is 5.71 Å². The van der Waals surface area contributed by atoms with Gasteiger partial charge in [-0.1, -0.05) is 28.6 Å². The highest BCUT2D eigenvalue weighted by Gasteiger charge is 2.31. The number of aromatic nitrogens is 1. The standard InChI is InChI=1S/C22H23N3O3S/c1-14(24-26)16-7-8-20-21(9-16)29-22(23-20)25-11-19(12-25)28-18-4-2-3-17(10-18)27-13-15-5-6-15/h2-4,7-10,15,19,26H,5-6,11-13H2,1H3/b24-14+. The number of oxime groups is 1. The van der Waals surface area contributed by atoms with Gasteiger partial charge in [0.15, 0.2) is 5.13 Å². The Balaban J connectivity index is 1.20. The molecule has 2 aromatic carbocycles. The first-order chi connectivity index (χ1) is 14.2. The summed E-state index contributed by atoms with van der Waals surface area (Å²) in [5.41, 5.74) is 2.47. The van der Waals surface area contributed by atoms with Crippen molar-refractivity contribution >= 4 is 32.4 Å². The molecule has 0 unspecified atom stereocenters. The first-order valence-corrected chi connectivity index (χ1v) is 10.7. The molecule has 0 atom stereocenters. The van der Waals surface area contributed by atoms with Crippen LogP contribution in [-0.2, 0) is 0 Å². The fourth-order valence-electron chi connectivity index (χ4n) is 3.33. The molecule has 5 rings (SSSR count). The van der Waals surface area contributed by atoms with E-state index in [1.54, 1.807) is 18.3 Å². The lowest BCUT2D eigenvalue weighted by Gasteiger charge is -2.38. The van der Waals surface area contributed by atoms with Crippen molar-refractivity contribution in [3.8, 4) is 11.5 Å². The summed E-state index contributed by atoms with van der Waals surface area (Å²) >= 11 is 1.65. The van der Waals surface area contributed by atoms with Gasteiger partial charge in [0, 0.05) is 11.6 Å². The molecule has 0 radical (unpaired) electrons. The first kappa shape index (κ1) is 18.2. The molecule has 29 heavy (non-hydrogen) atoms. The number of anilines is 1. The third kappa shape index (κ3) is 4.00. The molecule has 0 bridgehead atoms. The molecule has 1 aromatic heterocycles. The molecule has 0 amide bonds. The maximum atomic E-state index is 8.97. The second-order valence-electron chi connectivity index (χ2n) is 7.74. The normalized spacial score (nSPS) is 17.4. The second kappa shape index (κ2) is 7.55. The lowest BCUT2D eigenvalue weighted by molar-refractivity contribution is 0.166. The van der Waals surface area contributed by atoms with E-state index in [0.717, 1.165) is 58.0 Å². The Hall–Kier alpha value is -2.80. The number of benzene rings is 2. The Labute approximate surface area is 173 Å². The summed E-state index contributed by atoms with van der Waals surface area (Å²) in [5, 5.41) is 13.2. The van der Waals surface area contributed by atoms with Crippen molar-refractivity contribution in [1.82, 2.24) is 4.98 Å². The van der Waals surface area contributed by atoms with Gasteiger partial charge in [-0.3, -0.25) is 0 Å². The number of hydrogen-bond acceptors (Lipinski definition) is 7. The van der Waals surface area contributed by atoms with Crippen LogP contribution in [0.5, 0.6) is 11.5 Å². The van der Waals surface area contributed by atoms with Crippen LogP contribution in [0.1, 0.15) is 25.3 Å². The molecule has 1 saturated heterocycles. The van der Waals surface area contributed by atoms with Crippen molar-refractivity contribution in [2.45, 2.75) is 25.9 Å². The predicted molar refractivity (Wildman–Crippen MR) is 115 cm³/mol. The van der Waals surface area contributed by atoms with Crippen LogP contribution < -0.4 is 14.4 Å². The van der Waals surface area contributed by atoms with E-state index < -0.39 is 0 Å². The summed E-state index contributed by atoms with van der Waals surface area (Å²) in [6, 6.07) is 13.9. The Morgan fingerprint density at radius 3 is 2.83 bits per heavy atom. The Kier molecular flexibility index (Phi) is 4.75. The third-order valence-corrected chi connectivity index (χ3v) is 6.43. The van der Waals surface area contributed by atoms with E-state index in [9.17, 15) is 0 Å². The number of hydrogen-bond donors (Lipinski definition) is 1. The van der Waals surface area contributed by atoms with Crippen LogP contribution >= 0.6 is 11.3 Å². The van der Waals surface area contributed by atoms with Crippen LogP contribution in [0.3, 0.4) is 0 Å². The molecule has 3 aromatic rings. The molecular formula is C22H23N3O3S. The average molecular weight is 410 g/mol. The Morgan fingerprint density at radius 2 is 2.03 bits per heavy atom. The highest BCUT2D eigenvalue weighted by molar-refractivity contribution is 7.22. The fourth-order valence-corrected chi connectivity index (χ4v) is 4.35. The zero-order valence-corrected chi connectivity index (χ0v) is 17.1. The minimum Gasteiger partial charge on any atom is -0.493 e. The molecule has 1 aliphatic heterocycles. The van der Waals surface area contributed by atoms with Gasteiger partial charge in [-0.05, 0) is 49.9 Å². The Morgan fingerprint density at radius 1 is 1.21 bits per heavy atom. The lowest BCUT2D eigenvalue weighted by Crippen LogP contribution is -2.54. The first-order valence-electron chi connectivity index (χ1n) is 9.92. The highest BCUT2D eigenvalue weighted by Crippen LogP contribution is 2.34. The van der Waals surface area contributed by atoms with E-state index in [1.165, 1.54) is 12.8 Å². The zero-order chi connectivity index (χ0) is 19.8. The number of nitrogens with zero attached hydrogens (tertiary/aromatic N) is 3. The van der Waals surface area contributed by atoms with Crippen molar-refractivity contribution in [3.63, 3.8) is 0 Å². The topological polar surface area (TPSA) is 67.2 Å². The van der Waals surface area contributed by atoms with Gasteiger partial charge in [-0.15, -0.1) is 0 Å². The van der Waals surface area contributed by atoms with E-state index in [-0.39, 0.29) is 6.10 Å². The van der Waals surface area contributed by atoms with Crippen molar-refractivity contribution in [3.05, 3.63) is 48.0 Å². The number of rotatable bonds is 7. The van der Waals surface area contributed by atoms with Gasteiger partial charge in [0.1, 0.15) is 17.6 Å². The summed E-state index contributed by atoms with van der Waals surface area (Å²) in [6.07, 6.45) is 2.73. The number of fused-ring (bicyclic) bond motifs is 1.